The third-order valence-corrected chi connectivity index (χ3v) is 3.74. The predicted molar refractivity (Wildman–Crippen MR) is 72.2 cm³/mol. The lowest BCUT2D eigenvalue weighted by Gasteiger charge is -2.00. The first-order chi connectivity index (χ1) is 8.77. The van der Waals surface area contributed by atoms with Crippen molar-refractivity contribution in [2.24, 2.45) is 0 Å². The van der Waals surface area contributed by atoms with Crippen LogP contribution in [-0.4, -0.2) is 10.1 Å². The fourth-order valence-corrected chi connectivity index (χ4v) is 2.74. The Morgan fingerprint density at radius 3 is 2.83 bits per heavy atom. The van der Waals surface area contributed by atoms with E-state index in [-0.39, 0.29) is 0 Å². The van der Waals surface area contributed by atoms with E-state index in [2.05, 4.69) is 10.1 Å². The molecule has 0 fully saturated rings. The number of nitrogens with zero attached hydrogens (tertiary/aromatic N) is 2. The summed E-state index contributed by atoms with van der Waals surface area (Å²) in [4.78, 5) is 5.37. The van der Waals surface area contributed by atoms with Crippen LogP contribution in [0, 0.1) is 6.92 Å². The molecule has 0 unspecified atom stereocenters. The molecule has 0 amide bonds. The van der Waals surface area contributed by atoms with E-state index in [1.165, 1.54) is 0 Å². The Bertz CT molecular complexity index is 673. The van der Waals surface area contributed by atoms with Gasteiger partial charge in [0.15, 0.2) is 0 Å². The molecule has 0 aliphatic heterocycles. The van der Waals surface area contributed by atoms with Crippen molar-refractivity contribution in [1.82, 2.24) is 10.1 Å². The number of hydrogen-bond donors (Lipinski definition) is 1. The second-order valence-electron chi connectivity index (χ2n) is 3.92. The van der Waals surface area contributed by atoms with Gasteiger partial charge in [0.1, 0.15) is 5.69 Å². The number of nitrogen functional groups attached to an aromatic ring is 1. The van der Waals surface area contributed by atoms with Gasteiger partial charge in [0.2, 0.25) is 5.88 Å². The Labute approximate surface area is 108 Å². The van der Waals surface area contributed by atoms with E-state index in [0.29, 0.717) is 5.88 Å². The third-order valence-electron chi connectivity index (χ3n) is 2.72. The van der Waals surface area contributed by atoms with Crippen molar-refractivity contribution < 1.29 is 4.52 Å². The molecule has 3 heterocycles. The monoisotopic (exact) mass is 257 g/mol. The molecule has 0 aliphatic carbocycles. The van der Waals surface area contributed by atoms with Crippen LogP contribution in [0.5, 0.6) is 0 Å². The standard InChI is InChI=1S/C13H11N3OS/c1-8-5-7-18-12(8)11-10(13(14)17-16-11)9-4-2-3-6-15-9/h2-7H,14H2,1H3. The molecule has 0 radical (unpaired) electrons. The molecule has 0 spiro atoms. The van der Waals surface area contributed by atoms with Crippen LogP contribution >= 0.6 is 11.3 Å². The number of pyridine rings is 1. The summed E-state index contributed by atoms with van der Waals surface area (Å²) in [5.41, 5.74) is 9.33. The summed E-state index contributed by atoms with van der Waals surface area (Å²) in [6.07, 6.45) is 1.73. The zero-order valence-electron chi connectivity index (χ0n) is 9.75. The minimum absolute atomic E-state index is 0.302. The molecule has 90 valence electrons. The van der Waals surface area contributed by atoms with Crippen LogP contribution in [0.3, 0.4) is 0 Å². The number of anilines is 1. The highest BCUT2D eigenvalue weighted by Gasteiger charge is 2.20. The van der Waals surface area contributed by atoms with Crippen molar-refractivity contribution in [3.8, 4) is 21.8 Å². The highest BCUT2D eigenvalue weighted by molar-refractivity contribution is 7.13. The Kier molecular flexibility index (Phi) is 2.60. The van der Waals surface area contributed by atoms with Crippen LogP contribution in [0.25, 0.3) is 21.8 Å². The second kappa shape index (κ2) is 4.27. The van der Waals surface area contributed by atoms with Crippen molar-refractivity contribution in [2.75, 3.05) is 5.73 Å². The first kappa shape index (κ1) is 11.0. The molecule has 0 saturated heterocycles. The lowest BCUT2D eigenvalue weighted by Crippen LogP contribution is -1.89. The second-order valence-corrected chi connectivity index (χ2v) is 4.83. The van der Waals surface area contributed by atoms with Crippen LogP contribution in [0.2, 0.25) is 0 Å². The van der Waals surface area contributed by atoms with E-state index in [0.717, 1.165) is 27.4 Å². The van der Waals surface area contributed by atoms with Gasteiger partial charge >= 0.3 is 0 Å². The molecule has 18 heavy (non-hydrogen) atoms. The van der Waals surface area contributed by atoms with Gasteiger partial charge in [-0.3, -0.25) is 4.98 Å². The molecule has 2 N–H and O–H groups in total. The van der Waals surface area contributed by atoms with E-state index >= 15 is 0 Å². The van der Waals surface area contributed by atoms with Crippen LogP contribution in [0.1, 0.15) is 5.56 Å². The maximum absolute atomic E-state index is 5.87. The van der Waals surface area contributed by atoms with Gasteiger partial charge in [-0.1, -0.05) is 11.2 Å². The van der Waals surface area contributed by atoms with E-state index in [4.69, 9.17) is 10.3 Å². The average Bonchev–Trinajstić information content (AvgIpc) is 2.96. The first-order valence-corrected chi connectivity index (χ1v) is 6.36. The summed E-state index contributed by atoms with van der Waals surface area (Å²) in [7, 11) is 0. The van der Waals surface area contributed by atoms with Crippen LogP contribution < -0.4 is 5.73 Å². The summed E-state index contributed by atoms with van der Waals surface area (Å²) < 4.78 is 5.12. The SMILES string of the molecule is Cc1ccsc1-c1noc(N)c1-c1ccccn1. The molecular weight excluding hydrogens is 246 g/mol. The highest BCUT2D eigenvalue weighted by atomic mass is 32.1. The third kappa shape index (κ3) is 1.69. The van der Waals surface area contributed by atoms with Gasteiger partial charge in [-0.15, -0.1) is 11.3 Å². The van der Waals surface area contributed by atoms with Gasteiger partial charge in [0, 0.05) is 6.20 Å². The molecule has 0 aliphatic rings. The van der Waals surface area contributed by atoms with Crippen molar-refractivity contribution >= 4 is 17.2 Å². The Hall–Kier alpha value is -2.14. The zero-order chi connectivity index (χ0) is 12.5. The molecule has 0 aromatic carbocycles. The largest absolute Gasteiger partial charge is 0.367 e. The minimum Gasteiger partial charge on any atom is -0.367 e. The molecule has 0 bridgehead atoms. The van der Waals surface area contributed by atoms with Crippen molar-refractivity contribution in [3.63, 3.8) is 0 Å². The van der Waals surface area contributed by atoms with E-state index in [9.17, 15) is 0 Å². The van der Waals surface area contributed by atoms with Crippen molar-refractivity contribution in [2.45, 2.75) is 6.92 Å². The minimum atomic E-state index is 0.302. The number of rotatable bonds is 2. The Balaban J connectivity index is 2.22. The lowest BCUT2D eigenvalue weighted by atomic mass is 10.1. The summed E-state index contributed by atoms with van der Waals surface area (Å²) in [5.74, 6) is 0.302. The summed E-state index contributed by atoms with van der Waals surface area (Å²) in [5, 5.41) is 6.09. The van der Waals surface area contributed by atoms with Gasteiger partial charge in [-0.05, 0) is 36.1 Å². The molecule has 3 rings (SSSR count). The normalized spacial score (nSPS) is 10.7. The molecular formula is C13H11N3OS. The van der Waals surface area contributed by atoms with Crippen molar-refractivity contribution in [3.05, 3.63) is 41.4 Å². The van der Waals surface area contributed by atoms with Crippen LogP contribution in [0.15, 0.2) is 40.4 Å². The number of aromatic nitrogens is 2. The van der Waals surface area contributed by atoms with Crippen molar-refractivity contribution in [1.29, 1.82) is 0 Å². The Morgan fingerprint density at radius 2 is 2.17 bits per heavy atom. The van der Waals surface area contributed by atoms with E-state index < -0.39 is 0 Å². The number of thiophene rings is 1. The molecule has 4 nitrogen and oxygen atoms in total. The highest BCUT2D eigenvalue weighted by Crippen LogP contribution is 2.38. The topological polar surface area (TPSA) is 64.9 Å². The van der Waals surface area contributed by atoms with Crippen LogP contribution in [0.4, 0.5) is 5.88 Å². The Morgan fingerprint density at radius 1 is 1.28 bits per heavy atom. The number of hydrogen-bond acceptors (Lipinski definition) is 5. The number of nitrogens with two attached hydrogens (primary N) is 1. The maximum atomic E-state index is 5.87. The van der Waals surface area contributed by atoms with Gasteiger partial charge < -0.3 is 10.3 Å². The van der Waals surface area contributed by atoms with Gasteiger partial charge in [0.05, 0.1) is 16.1 Å². The van der Waals surface area contributed by atoms with Crippen LogP contribution in [-0.2, 0) is 0 Å². The molecule has 3 aromatic rings. The summed E-state index contributed by atoms with van der Waals surface area (Å²) >= 11 is 1.62. The average molecular weight is 257 g/mol. The lowest BCUT2D eigenvalue weighted by molar-refractivity contribution is 0.439. The maximum Gasteiger partial charge on any atom is 0.232 e. The molecule has 0 saturated carbocycles. The molecule has 5 heteroatoms. The van der Waals surface area contributed by atoms with Gasteiger partial charge in [0.25, 0.3) is 0 Å². The van der Waals surface area contributed by atoms with E-state index in [1.54, 1.807) is 17.5 Å². The number of aryl methyl sites for hydroxylation is 1. The summed E-state index contributed by atoms with van der Waals surface area (Å²) in [6.45, 7) is 2.04. The fourth-order valence-electron chi connectivity index (χ4n) is 1.83. The fraction of sp³-hybridized carbons (Fsp3) is 0.0769. The quantitative estimate of drug-likeness (QED) is 0.764. The molecule has 0 atom stereocenters. The first-order valence-electron chi connectivity index (χ1n) is 5.48. The van der Waals surface area contributed by atoms with Gasteiger partial charge in [-0.25, -0.2) is 0 Å². The summed E-state index contributed by atoms with van der Waals surface area (Å²) in [6, 6.07) is 7.73. The smallest absolute Gasteiger partial charge is 0.232 e. The predicted octanol–water partition coefficient (Wildman–Crippen LogP) is 3.36. The molecule has 3 aromatic heterocycles. The van der Waals surface area contributed by atoms with E-state index in [1.807, 2.05) is 36.6 Å². The zero-order valence-corrected chi connectivity index (χ0v) is 10.6. The van der Waals surface area contributed by atoms with Gasteiger partial charge in [-0.2, -0.15) is 0 Å².